The van der Waals surface area contributed by atoms with Crippen LogP contribution in [-0.2, 0) is 0 Å². The van der Waals surface area contributed by atoms with E-state index in [4.69, 9.17) is 0 Å². The van der Waals surface area contributed by atoms with Crippen LogP contribution in [0.15, 0.2) is 0 Å². The predicted molar refractivity (Wildman–Crippen MR) is 336 cm³/mol. The Kier molecular flexibility index (Phi) is 75900. The van der Waals surface area contributed by atoms with Crippen LogP contribution < -0.4 is 0 Å². The maximum absolute atomic E-state index is 0. The van der Waals surface area contributed by atoms with E-state index in [1.807, 2.05) is 0 Å². The molecule has 77 heavy (non-hydrogen) atoms. The molecule has 400 valence electrons. The van der Waals surface area contributed by atoms with Crippen molar-refractivity contribution in [2.24, 2.45) is 0 Å². The number of hydrogen-bond donors (Lipinski definition) is 0. The molecule has 0 fully saturated rings. The Balaban J connectivity index is 0. The molecule has 0 spiro atoms. The van der Waals surface area contributed by atoms with Gasteiger partial charge in [0.15, 0.2) is 0 Å². The first-order valence-corrected chi connectivity index (χ1v) is 0. The molecule has 0 unspecified atom stereocenters. The average molecular weight is 1560 g/mol. The summed E-state index contributed by atoms with van der Waals surface area (Å²) < 4.78 is 0. The summed E-state index contributed by atoms with van der Waals surface area (Å²) in [6.07, 6.45) is 0. The molecule has 0 aliphatic heterocycles. The molecule has 0 heterocycles. The third-order valence-corrected chi connectivity index (χ3v) is 0. The Labute approximate surface area is 877 Å². The Morgan fingerprint density at radius 1 is 0.0260 bits per heavy atom. The van der Waals surface area contributed by atoms with E-state index < -0.39 is 0 Å². The fourth-order valence-electron chi connectivity index (χ4n) is 0. The summed E-state index contributed by atoms with van der Waals surface area (Å²) in [5.74, 6) is 0. The predicted octanol–water partition coefficient (Wildman–Crippen LogP) is -51.5. The van der Waals surface area contributed by atoms with Crippen LogP contribution >= 0.6 is 0 Å². The van der Waals surface area contributed by atoms with Crippen molar-refractivity contribution in [1.82, 2.24) is 0 Å². The van der Waals surface area contributed by atoms with Crippen molar-refractivity contribution in [3.8, 4) is 0 Å². The minimum Gasteiger partial charge on any atom is -0.412 e. The Bertz CT molecular complexity index is 72.0. The molecule has 0 aromatic rings. The SMILES string of the molecule is O.O.O.O.O.O.O.O.O.O.O.O.O.O.O.O.O.O.O.O.O.O.O.O.O.O.O.O.O.O.O.O.O.O.O.O.O.O.O.O.O.O.O.O.O.O.O.O.O.O.[Mg+2].[Mg+2].[Mg+2].[Mg+2].[Mg+2].[Mg+2].[Mg+2].[Mg+2].[Mg+2].[Mg+2].[Mg+2].[Mg+2].[Mg+2].[Mg+2].[Mg+2].[Mg+2].[Mg+2].[Mg+2].[Mg+2].[Mg+2].[Mg+2].[Mg+2].[Mg+2].[Mg+2].[Mg+2].[Mg+2].[Mg+2]. The van der Waals surface area contributed by atoms with E-state index in [1.54, 1.807) is 0 Å². The Morgan fingerprint density at radius 3 is 0.0260 bits per heavy atom. The van der Waals surface area contributed by atoms with Crippen LogP contribution in [-0.4, -0.2) is 896 Å². The fourth-order valence-corrected chi connectivity index (χ4v) is 0. The third-order valence-electron chi connectivity index (χ3n) is 0. The van der Waals surface area contributed by atoms with Gasteiger partial charge in [-0.2, -0.15) is 0 Å². The smallest absolute Gasteiger partial charge is 0.412 e. The minimum atomic E-state index is 0. The molecule has 0 amide bonds. The van der Waals surface area contributed by atoms with Crippen molar-refractivity contribution < 1.29 is 274 Å². The summed E-state index contributed by atoms with van der Waals surface area (Å²) in [4.78, 5) is 0. The largest absolute Gasteiger partial charge is 2.00 e. The van der Waals surface area contributed by atoms with Crippen molar-refractivity contribution in [2.75, 3.05) is 0 Å². The van der Waals surface area contributed by atoms with E-state index in [0.717, 1.165) is 0 Å². The number of rotatable bonds is 0. The molecule has 50 nitrogen and oxygen atoms in total. The van der Waals surface area contributed by atoms with Gasteiger partial charge in [-0.05, 0) is 0 Å². The normalized spacial score (nSPS) is 0. The van der Waals surface area contributed by atoms with Crippen LogP contribution in [0.4, 0.5) is 0 Å². The monoisotopic (exact) mass is 1550 g/mol. The summed E-state index contributed by atoms with van der Waals surface area (Å²) >= 11 is 0. The van der Waals surface area contributed by atoms with E-state index in [9.17, 15) is 0 Å². The topological polar surface area (TPSA) is 1580 Å². The summed E-state index contributed by atoms with van der Waals surface area (Å²) in [5.41, 5.74) is 0. The first-order valence-electron chi connectivity index (χ1n) is 0. The molecule has 0 radical (unpaired) electrons. The molecule has 0 saturated heterocycles. The molecule has 0 atom stereocenters. The van der Waals surface area contributed by atoms with Crippen LogP contribution in [0.2, 0.25) is 0 Å². The average Bonchev–Trinajstić information content (AvgIpc) is 0. The van der Waals surface area contributed by atoms with E-state index in [0.29, 0.717) is 0 Å². The second-order valence-electron chi connectivity index (χ2n) is 0. The van der Waals surface area contributed by atoms with Gasteiger partial charge in [-0.3, -0.25) is 0 Å². The number of hydrogen-bond acceptors (Lipinski definition) is 0. The van der Waals surface area contributed by atoms with Gasteiger partial charge in [0, 0.05) is 0 Å². The second-order valence-corrected chi connectivity index (χ2v) is 0. The molecule has 0 bridgehead atoms. The molecule has 0 rings (SSSR count). The van der Waals surface area contributed by atoms with Gasteiger partial charge < -0.3 is 274 Å². The second kappa shape index (κ2) is 2380. The molecular weight excluding hydrogens is 1460 g/mol. The Hall–Kier alpha value is 18.7. The first kappa shape index (κ1) is 2460. The molecule has 0 aromatic heterocycles. The van der Waals surface area contributed by atoms with Gasteiger partial charge >= 0.3 is 622 Å². The van der Waals surface area contributed by atoms with Crippen LogP contribution in [0.5, 0.6) is 0 Å². The van der Waals surface area contributed by atoms with Gasteiger partial charge in [0.2, 0.25) is 0 Å². The van der Waals surface area contributed by atoms with Crippen molar-refractivity contribution in [1.29, 1.82) is 0 Å². The zero-order valence-electron chi connectivity index (χ0n) is 44.1. The van der Waals surface area contributed by atoms with Crippen LogP contribution in [0.3, 0.4) is 0 Å². The first-order chi connectivity index (χ1) is 0. The van der Waals surface area contributed by atoms with Gasteiger partial charge in [-0.15, -0.1) is 0 Å². The Morgan fingerprint density at radius 2 is 0.0260 bits per heavy atom. The van der Waals surface area contributed by atoms with Crippen molar-refractivity contribution in [2.45, 2.75) is 0 Å². The van der Waals surface area contributed by atoms with E-state index in [1.165, 1.54) is 0 Å². The molecule has 77 heteroatoms. The van der Waals surface area contributed by atoms with Gasteiger partial charge in [0.25, 0.3) is 0 Å². The van der Waals surface area contributed by atoms with Crippen molar-refractivity contribution in [3.05, 3.63) is 0 Å². The van der Waals surface area contributed by atoms with E-state index in [-0.39, 0.29) is 896 Å². The standard InChI is InChI=1S/27Mg.50H2O/h;;;;;;;;;;;;;;;;;;;;;;;;;;;50*1H2/q27*+2;;;;;;;;;;;;;;;;;;;;;;;;;;;;;;;;;;;;;;;;;;;;;;;;;;. The van der Waals surface area contributed by atoms with Crippen LogP contribution in [0, 0.1) is 0 Å². The fraction of sp³-hybridized carbons (Fsp3) is 0. The maximum Gasteiger partial charge on any atom is 2.00 e. The van der Waals surface area contributed by atoms with Crippen LogP contribution in [0.25, 0.3) is 0 Å². The van der Waals surface area contributed by atoms with Crippen molar-refractivity contribution in [3.63, 3.8) is 0 Å². The van der Waals surface area contributed by atoms with Crippen molar-refractivity contribution >= 4 is 622 Å². The zero-order chi connectivity index (χ0) is 0. The van der Waals surface area contributed by atoms with Gasteiger partial charge in [0.1, 0.15) is 0 Å². The third kappa shape index (κ3) is 2330. The van der Waals surface area contributed by atoms with Gasteiger partial charge in [-0.25, -0.2) is 0 Å². The minimum absolute atomic E-state index is 0. The maximum atomic E-state index is 0. The summed E-state index contributed by atoms with van der Waals surface area (Å²) in [6.45, 7) is 0. The summed E-state index contributed by atoms with van der Waals surface area (Å²) in [5, 5.41) is 0. The molecule has 0 saturated carbocycles. The zero-order valence-corrected chi connectivity index (χ0v) is 82.3. The molecule has 0 aliphatic carbocycles. The quantitative estimate of drug-likeness (QED) is 0.204. The van der Waals surface area contributed by atoms with Crippen LogP contribution in [0.1, 0.15) is 0 Å². The molecule has 100 N–H and O–H groups in total. The summed E-state index contributed by atoms with van der Waals surface area (Å²) in [6, 6.07) is 0. The van der Waals surface area contributed by atoms with Gasteiger partial charge in [-0.1, -0.05) is 0 Å². The molecule has 0 aliphatic rings. The van der Waals surface area contributed by atoms with E-state index in [2.05, 4.69) is 0 Å². The summed E-state index contributed by atoms with van der Waals surface area (Å²) in [7, 11) is 0. The van der Waals surface area contributed by atoms with Gasteiger partial charge in [0.05, 0.1) is 0 Å². The van der Waals surface area contributed by atoms with E-state index >= 15 is 0 Å². The molecular formula is H100Mg27O50+54. The molecule has 0 aromatic carbocycles.